The van der Waals surface area contributed by atoms with Gasteiger partial charge >= 0.3 is 0 Å². The Hall–Kier alpha value is -2.89. The molecule has 3 heterocycles. The molecule has 0 atom stereocenters. The van der Waals surface area contributed by atoms with E-state index in [-0.39, 0.29) is 0 Å². The smallest absolute Gasteiger partial charge is 0.209 e. The van der Waals surface area contributed by atoms with Gasteiger partial charge in [0.25, 0.3) is 0 Å². The molecule has 1 aromatic carbocycles. The number of fused-ring (bicyclic) bond motifs is 2. The van der Waals surface area contributed by atoms with Crippen molar-refractivity contribution in [1.29, 1.82) is 0 Å². The number of imidazole rings is 1. The molecule has 0 spiro atoms. The molecule has 22 heavy (non-hydrogen) atoms. The lowest BCUT2D eigenvalue weighted by Gasteiger charge is -2.18. The first-order valence-electron chi connectivity index (χ1n) is 6.99. The zero-order chi connectivity index (χ0) is 15.1. The molecule has 0 radical (unpaired) electrons. The fourth-order valence-corrected chi connectivity index (χ4v) is 2.70. The monoisotopic (exact) mass is 295 g/mol. The number of hydrogen-bond acceptors (Lipinski definition) is 5. The Morgan fingerprint density at radius 2 is 1.95 bits per heavy atom. The minimum Gasteiger partial charge on any atom is -0.486 e. The second kappa shape index (κ2) is 4.84. The summed E-state index contributed by atoms with van der Waals surface area (Å²) < 4.78 is 12.9. The van der Waals surface area contributed by atoms with Gasteiger partial charge < -0.3 is 9.47 Å². The van der Waals surface area contributed by atoms with Gasteiger partial charge in [-0.1, -0.05) is 6.07 Å². The van der Waals surface area contributed by atoms with Gasteiger partial charge in [-0.05, 0) is 42.4 Å². The highest BCUT2D eigenvalue weighted by Crippen LogP contribution is 2.38. The Morgan fingerprint density at radius 1 is 1.14 bits per heavy atom. The third-order valence-corrected chi connectivity index (χ3v) is 3.72. The van der Waals surface area contributed by atoms with E-state index in [1.807, 2.05) is 43.3 Å². The summed E-state index contributed by atoms with van der Waals surface area (Å²) in [7, 11) is 0. The largest absolute Gasteiger partial charge is 0.486 e. The first kappa shape index (κ1) is 12.8. The summed E-state index contributed by atoms with van der Waals surface area (Å²) in [5, 5.41) is 3.19. The minimum absolute atomic E-state index is 0.296. The second-order valence-electron chi connectivity index (χ2n) is 5.09. The summed E-state index contributed by atoms with van der Waals surface area (Å²) in [5.74, 6) is 1.66. The van der Waals surface area contributed by atoms with E-state index in [9.17, 15) is 4.91 Å². The Kier molecular flexibility index (Phi) is 2.82. The van der Waals surface area contributed by atoms with Gasteiger partial charge in [0.05, 0.1) is 0 Å². The molecule has 0 unspecified atom stereocenters. The maximum atomic E-state index is 11.3. The van der Waals surface area contributed by atoms with E-state index in [1.165, 1.54) is 0 Å². The van der Waals surface area contributed by atoms with Crippen LogP contribution in [-0.4, -0.2) is 22.6 Å². The van der Waals surface area contributed by atoms with Crippen LogP contribution in [0.3, 0.4) is 0 Å². The van der Waals surface area contributed by atoms with Gasteiger partial charge in [-0.15, -0.1) is 4.91 Å². The molecule has 110 valence electrons. The van der Waals surface area contributed by atoms with Crippen LogP contribution in [0.15, 0.2) is 41.6 Å². The summed E-state index contributed by atoms with van der Waals surface area (Å²) in [6.45, 7) is 2.97. The van der Waals surface area contributed by atoms with Gasteiger partial charge in [-0.3, -0.25) is 4.40 Å². The van der Waals surface area contributed by atoms with Crippen molar-refractivity contribution >= 4 is 11.5 Å². The predicted octanol–water partition coefficient (Wildman–Crippen LogP) is 3.48. The molecule has 0 bridgehead atoms. The van der Waals surface area contributed by atoms with Crippen molar-refractivity contribution in [2.75, 3.05) is 13.2 Å². The van der Waals surface area contributed by atoms with E-state index in [4.69, 9.17) is 9.47 Å². The lowest BCUT2D eigenvalue weighted by atomic mass is 10.1. The summed E-state index contributed by atoms with van der Waals surface area (Å²) >= 11 is 0. The van der Waals surface area contributed by atoms with Crippen LogP contribution in [0.1, 0.15) is 5.69 Å². The number of pyridine rings is 1. The molecule has 0 saturated carbocycles. The van der Waals surface area contributed by atoms with Crippen LogP contribution in [0.2, 0.25) is 0 Å². The van der Waals surface area contributed by atoms with E-state index in [0.29, 0.717) is 41.9 Å². The normalized spacial score (nSPS) is 13.3. The molecule has 1 aliphatic rings. The molecule has 0 fully saturated rings. The molecule has 0 amide bonds. The van der Waals surface area contributed by atoms with Crippen molar-refractivity contribution in [3.8, 4) is 22.8 Å². The minimum atomic E-state index is 0.296. The standard InChI is InChI=1S/C16H13N3O3/c1-10-3-2-4-14-17-15(16(18-20)19(10)14)11-5-6-12-13(9-11)22-8-7-21-12/h2-6,9H,7-8H2,1H3. The molecule has 2 aromatic heterocycles. The summed E-state index contributed by atoms with van der Waals surface area (Å²) in [6.07, 6.45) is 0. The summed E-state index contributed by atoms with van der Waals surface area (Å²) in [4.78, 5) is 15.9. The first-order valence-corrected chi connectivity index (χ1v) is 6.99. The molecular formula is C16H13N3O3. The van der Waals surface area contributed by atoms with Crippen molar-refractivity contribution in [2.45, 2.75) is 6.92 Å². The van der Waals surface area contributed by atoms with Crippen LogP contribution in [0, 0.1) is 11.8 Å². The third kappa shape index (κ3) is 1.84. The highest BCUT2D eigenvalue weighted by atomic mass is 16.6. The van der Waals surface area contributed by atoms with E-state index in [0.717, 1.165) is 11.3 Å². The SMILES string of the molecule is Cc1cccc2nc(-c3ccc4c(c3)OCCO4)c(N=O)n12. The van der Waals surface area contributed by atoms with E-state index in [1.54, 1.807) is 4.40 Å². The van der Waals surface area contributed by atoms with E-state index < -0.39 is 0 Å². The fraction of sp³-hybridized carbons (Fsp3) is 0.188. The highest BCUT2D eigenvalue weighted by Gasteiger charge is 2.19. The van der Waals surface area contributed by atoms with Crippen molar-refractivity contribution in [3.63, 3.8) is 0 Å². The maximum absolute atomic E-state index is 11.3. The number of aromatic nitrogens is 2. The van der Waals surface area contributed by atoms with Crippen molar-refractivity contribution in [2.24, 2.45) is 5.18 Å². The molecule has 6 heteroatoms. The van der Waals surface area contributed by atoms with Crippen LogP contribution in [-0.2, 0) is 0 Å². The zero-order valence-corrected chi connectivity index (χ0v) is 11.9. The van der Waals surface area contributed by atoms with Gasteiger partial charge in [0, 0.05) is 11.3 Å². The zero-order valence-electron chi connectivity index (χ0n) is 11.9. The molecule has 0 aliphatic carbocycles. The number of aryl methyl sites for hydroxylation is 1. The Labute approximate surface area is 126 Å². The second-order valence-corrected chi connectivity index (χ2v) is 5.09. The van der Waals surface area contributed by atoms with Crippen LogP contribution in [0.4, 0.5) is 5.82 Å². The van der Waals surface area contributed by atoms with Gasteiger partial charge in [0.1, 0.15) is 24.6 Å². The molecule has 4 rings (SSSR count). The fourth-order valence-electron chi connectivity index (χ4n) is 2.70. The topological polar surface area (TPSA) is 65.2 Å². The Balaban J connectivity index is 1.94. The van der Waals surface area contributed by atoms with Gasteiger partial charge in [0.15, 0.2) is 11.5 Å². The van der Waals surface area contributed by atoms with Crippen LogP contribution in [0.5, 0.6) is 11.5 Å². The van der Waals surface area contributed by atoms with E-state index in [2.05, 4.69) is 10.2 Å². The average molecular weight is 295 g/mol. The Morgan fingerprint density at radius 3 is 2.77 bits per heavy atom. The van der Waals surface area contributed by atoms with Gasteiger partial charge in [0.2, 0.25) is 5.82 Å². The highest BCUT2D eigenvalue weighted by molar-refractivity contribution is 5.76. The van der Waals surface area contributed by atoms with Crippen molar-refractivity contribution < 1.29 is 9.47 Å². The van der Waals surface area contributed by atoms with Crippen LogP contribution in [0.25, 0.3) is 16.9 Å². The lowest BCUT2D eigenvalue weighted by molar-refractivity contribution is 0.171. The number of nitroso groups, excluding NO2 is 1. The van der Waals surface area contributed by atoms with Crippen molar-refractivity contribution in [1.82, 2.24) is 9.38 Å². The molecule has 0 N–H and O–H groups in total. The van der Waals surface area contributed by atoms with Crippen LogP contribution >= 0.6 is 0 Å². The van der Waals surface area contributed by atoms with Gasteiger partial charge in [-0.25, -0.2) is 4.98 Å². The molecule has 6 nitrogen and oxygen atoms in total. The predicted molar refractivity (Wildman–Crippen MR) is 81.8 cm³/mol. The number of ether oxygens (including phenoxy) is 2. The van der Waals surface area contributed by atoms with Crippen LogP contribution < -0.4 is 9.47 Å². The number of hydrogen-bond donors (Lipinski definition) is 0. The summed E-state index contributed by atoms with van der Waals surface area (Å²) in [6, 6.07) is 11.2. The molecule has 0 saturated heterocycles. The molecule has 1 aliphatic heterocycles. The molecular weight excluding hydrogens is 282 g/mol. The number of rotatable bonds is 2. The van der Waals surface area contributed by atoms with Crippen molar-refractivity contribution in [3.05, 3.63) is 47.0 Å². The Bertz CT molecular complexity index is 886. The maximum Gasteiger partial charge on any atom is 0.209 e. The average Bonchev–Trinajstić information content (AvgIpc) is 2.94. The molecule has 3 aromatic rings. The number of nitrogens with zero attached hydrogens (tertiary/aromatic N) is 3. The first-order chi connectivity index (χ1) is 10.8. The quantitative estimate of drug-likeness (QED) is 0.679. The van der Waals surface area contributed by atoms with Gasteiger partial charge in [-0.2, -0.15) is 0 Å². The lowest BCUT2D eigenvalue weighted by Crippen LogP contribution is -2.15. The van der Waals surface area contributed by atoms with E-state index >= 15 is 0 Å². The number of benzene rings is 1. The summed E-state index contributed by atoms with van der Waals surface area (Å²) in [5.41, 5.74) is 2.92. The third-order valence-electron chi connectivity index (χ3n) is 3.72.